The molecule has 0 bridgehead atoms. The third-order valence-corrected chi connectivity index (χ3v) is 1.18. The van der Waals surface area contributed by atoms with Crippen LogP contribution >= 0.6 is 0 Å². The Kier molecular flexibility index (Phi) is 5.99. The van der Waals surface area contributed by atoms with Crippen LogP contribution in [0.1, 0.15) is 27.2 Å². The summed E-state index contributed by atoms with van der Waals surface area (Å²) in [4.78, 5) is 5.32. The predicted octanol–water partition coefficient (Wildman–Crippen LogP) is 1.67. The van der Waals surface area contributed by atoms with Gasteiger partial charge in [0, 0.05) is 13.1 Å². The van der Waals surface area contributed by atoms with E-state index in [9.17, 15) is 0 Å². The van der Waals surface area contributed by atoms with Crippen molar-refractivity contribution < 1.29 is 4.84 Å². The van der Waals surface area contributed by atoms with Gasteiger partial charge in [-0.3, -0.25) is 4.84 Å². The summed E-state index contributed by atoms with van der Waals surface area (Å²) in [6.45, 7) is 9.12. The van der Waals surface area contributed by atoms with Gasteiger partial charge in [-0.05, 0) is 6.42 Å². The Labute approximate surface area is 57.8 Å². The zero-order chi connectivity index (χ0) is 7.11. The SMILES string of the molecule is CCCON(CC)CC. The summed E-state index contributed by atoms with van der Waals surface area (Å²) in [5, 5.41) is 1.96. The van der Waals surface area contributed by atoms with Crippen LogP contribution in [-0.4, -0.2) is 24.8 Å². The fourth-order valence-electron chi connectivity index (χ4n) is 0.627. The zero-order valence-electron chi connectivity index (χ0n) is 6.68. The quantitative estimate of drug-likeness (QED) is 0.526. The lowest BCUT2D eigenvalue weighted by molar-refractivity contribution is -0.152. The van der Waals surface area contributed by atoms with Gasteiger partial charge >= 0.3 is 0 Å². The van der Waals surface area contributed by atoms with Crippen molar-refractivity contribution >= 4 is 0 Å². The highest BCUT2D eigenvalue weighted by atomic mass is 16.7. The fraction of sp³-hybridized carbons (Fsp3) is 1.00. The summed E-state index contributed by atoms with van der Waals surface area (Å²) in [5.74, 6) is 0. The Hall–Kier alpha value is -0.0800. The summed E-state index contributed by atoms with van der Waals surface area (Å²) in [7, 11) is 0. The summed E-state index contributed by atoms with van der Waals surface area (Å²) >= 11 is 0. The van der Waals surface area contributed by atoms with E-state index in [4.69, 9.17) is 4.84 Å². The minimum Gasteiger partial charge on any atom is -0.299 e. The normalized spacial score (nSPS) is 10.7. The summed E-state index contributed by atoms with van der Waals surface area (Å²) in [6, 6.07) is 0. The Balaban J connectivity index is 3.09. The molecule has 0 aromatic carbocycles. The lowest BCUT2D eigenvalue weighted by atomic mass is 10.5. The van der Waals surface area contributed by atoms with E-state index in [1.807, 2.05) is 5.06 Å². The molecule has 0 fully saturated rings. The summed E-state index contributed by atoms with van der Waals surface area (Å²) in [6.07, 6.45) is 1.09. The second kappa shape index (κ2) is 6.05. The molecule has 0 saturated heterocycles. The van der Waals surface area contributed by atoms with E-state index in [1.54, 1.807) is 0 Å². The minimum atomic E-state index is 0.849. The van der Waals surface area contributed by atoms with E-state index in [0.29, 0.717) is 0 Å². The van der Waals surface area contributed by atoms with E-state index in [2.05, 4.69) is 20.8 Å². The predicted molar refractivity (Wildman–Crippen MR) is 39.2 cm³/mol. The third kappa shape index (κ3) is 4.43. The maximum absolute atomic E-state index is 5.32. The van der Waals surface area contributed by atoms with Crippen LogP contribution in [0.15, 0.2) is 0 Å². The first-order valence-corrected chi connectivity index (χ1v) is 3.73. The Morgan fingerprint density at radius 3 is 2.00 bits per heavy atom. The maximum atomic E-state index is 5.32. The molecular weight excluding hydrogens is 114 g/mol. The number of nitrogens with zero attached hydrogens (tertiary/aromatic N) is 1. The Bertz CT molecular complexity index is 52.9. The average Bonchev–Trinajstić information content (AvgIpc) is 1.91. The average molecular weight is 131 g/mol. The third-order valence-electron chi connectivity index (χ3n) is 1.18. The van der Waals surface area contributed by atoms with Crippen LogP contribution in [0, 0.1) is 0 Å². The van der Waals surface area contributed by atoms with Gasteiger partial charge in [0.15, 0.2) is 0 Å². The summed E-state index contributed by atoms with van der Waals surface area (Å²) < 4.78 is 0. The molecular formula is C7H17NO. The molecule has 0 aliphatic rings. The first kappa shape index (κ1) is 8.92. The van der Waals surface area contributed by atoms with Crippen LogP contribution in [-0.2, 0) is 4.84 Å². The van der Waals surface area contributed by atoms with E-state index in [0.717, 1.165) is 26.1 Å². The highest BCUT2D eigenvalue weighted by Gasteiger charge is 1.94. The topological polar surface area (TPSA) is 12.5 Å². The molecule has 2 nitrogen and oxygen atoms in total. The highest BCUT2D eigenvalue weighted by Crippen LogP contribution is 1.89. The van der Waals surface area contributed by atoms with Gasteiger partial charge in [0.2, 0.25) is 0 Å². The number of rotatable bonds is 5. The molecule has 0 rings (SSSR count). The molecule has 0 aromatic heterocycles. The van der Waals surface area contributed by atoms with Gasteiger partial charge < -0.3 is 0 Å². The molecule has 2 heteroatoms. The van der Waals surface area contributed by atoms with Crippen molar-refractivity contribution in [3.8, 4) is 0 Å². The molecule has 0 spiro atoms. The van der Waals surface area contributed by atoms with E-state index < -0.39 is 0 Å². The lowest BCUT2D eigenvalue weighted by Gasteiger charge is -2.16. The van der Waals surface area contributed by atoms with Gasteiger partial charge in [0.1, 0.15) is 0 Å². The minimum absolute atomic E-state index is 0.849. The highest BCUT2D eigenvalue weighted by molar-refractivity contribution is 4.32. The molecule has 9 heavy (non-hydrogen) atoms. The van der Waals surface area contributed by atoms with Gasteiger partial charge in [-0.2, -0.15) is 5.06 Å². The first-order chi connectivity index (χ1) is 4.35. The second-order valence-electron chi connectivity index (χ2n) is 1.95. The van der Waals surface area contributed by atoms with Crippen LogP contribution in [0.2, 0.25) is 0 Å². The van der Waals surface area contributed by atoms with Gasteiger partial charge in [0.25, 0.3) is 0 Å². The van der Waals surface area contributed by atoms with E-state index >= 15 is 0 Å². The van der Waals surface area contributed by atoms with Crippen molar-refractivity contribution in [3.05, 3.63) is 0 Å². The molecule has 56 valence electrons. The van der Waals surface area contributed by atoms with E-state index in [-0.39, 0.29) is 0 Å². The van der Waals surface area contributed by atoms with Crippen molar-refractivity contribution in [2.45, 2.75) is 27.2 Å². The van der Waals surface area contributed by atoms with Crippen molar-refractivity contribution in [2.24, 2.45) is 0 Å². The first-order valence-electron chi connectivity index (χ1n) is 3.73. The summed E-state index contributed by atoms with van der Waals surface area (Å²) in [5.41, 5.74) is 0. The van der Waals surface area contributed by atoms with Crippen LogP contribution in [0.25, 0.3) is 0 Å². The van der Waals surface area contributed by atoms with Gasteiger partial charge in [-0.15, -0.1) is 0 Å². The largest absolute Gasteiger partial charge is 0.299 e. The van der Waals surface area contributed by atoms with Crippen LogP contribution in [0.3, 0.4) is 0 Å². The van der Waals surface area contributed by atoms with Crippen LogP contribution < -0.4 is 0 Å². The standard InChI is InChI=1S/C7H17NO/c1-4-7-9-8(5-2)6-3/h4-7H2,1-3H3. The molecule has 0 saturated carbocycles. The number of hydrogen-bond acceptors (Lipinski definition) is 2. The second-order valence-corrected chi connectivity index (χ2v) is 1.95. The number of hydrogen-bond donors (Lipinski definition) is 0. The maximum Gasteiger partial charge on any atom is 0.0682 e. The zero-order valence-corrected chi connectivity index (χ0v) is 6.68. The van der Waals surface area contributed by atoms with Crippen LogP contribution in [0.4, 0.5) is 0 Å². The fourth-order valence-corrected chi connectivity index (χ4v) is 0.627. The molecule has 0 aromatic rings. The molecule has 0 heterocycles. The lowest BCUT2D eigenvalue weighted by Crippen LogP contribution is -2.23. The monoisotopic (exact) mass is 131 g/mol. The van der Waals surface area contributed by atoms with Crippen molar-refractivity contribution in [1.82, 2.24) is 5.06 Å². The molecule has 0 N–H and O–H groups in total. The molecule has 0 aliphatic heterocycles. The van der Waals surface area contributed by atoms with Gasteiger partial charge in [-0.25, -0.2) is 0 Å². The van der Waals surface area contributed by atoms with Gasteiger partial charge in [0.05, 0.1) is 6.61 Å². The Morgan fingerprint density at radius 2 is 1.67 bits per heavy atom. The van der Waals surface area contributed by atoms with Gasteiger partial charge in [-0.1, -0.05) is 20.8 Å². The molecule has 0 unspecified atom stereocenters. The van der Waals surface area contributed by atoms with Crippen molar-refractivity contribution in [2.75, 3.05) is 19.7 Å². The Morgan fingerprint density at radius 1 is 1.11 bits per heavy atom. The number of hydroxylamine groups is 2. The molecule has 0 amide bonds. The molecule has 0 aliphatic carbocycles. The van der Waals surface area contributed by atoms with E-state index in [1.165, 1.54) is 0 Å². The molecule has 0 radical (unpaired) electrons. The van der Waals surface area contributed by atoms with Crippen LogP contribution in [0.5, 0.6) is 0 Å². The smallest absolute Gasteiger partial charge is 0.0682 e. The molecule has 0 atom stereocenters. The van der Waals surface area contributed by atoms with Crippen molar-refractivity contribution in [1.29, 1.82) is 0 Å². The van der Waals surface area contributed by atoms with Crippen molar-refractivity contribution in [3.63, 3.8) is 0 Å².